The van der Waals surface area contributed by atoms with E-state index in [0.29, 0.717) is 17.0 Å². The first-order chi connectivity index (χ1) is 9.09. The molecule has 2 unspecified atom stereocenters. The van der Waals surface area contributed by atoms with Crippen molar-refractivity contribution in [3.8, 4) is 0 Å². The molecule has 0 spiro atoms. The zero-order valence-corrected chi connectivity index (χ0v) is 12.6. The normalized spacial score (nSPS) is 23.3. The molecule has 0 heterocycles. The van der Waals surface area contributed by atoms with E-state index in [4.69, 9.17) is 4.74 Å². The van der Waals surface area contributed by atoms with Gasteiger partial charge in [0.05, 0.1) is 17.6 Å². The summed E-state index contributed by atoms with van der Waals surface area (Å²) in [6.07, 6.45) is 5.07. The van der Waals surface area contributed by atoms with Gasteiger partial charge in [-0.15, -0.1) is 0 Å². The fourth-order valence-corrected chi connectivity index (χ4v) is 3.07. The number of nitro groups is 1. The smallest absolute Gasteiger partial charge is 0.283 e. The molecule has 0 aromatic heterocycles. The summed E-state index contributed by atoms with van der Waals surface area (Å²) in [7, 11) is 0. The van der Waals surface area contributed by atoms with Crippen molar-refractivity contribution in [2.45, 2.75) is 45.3 Å². The largest absolute Gasteiger partial charge is 0.373 e. The summed E-state index contributed by atoms with van der Waals surface area (Å²) < 4.78 is 6.48. The number of rotatable bonds is 4. The highest BCUT2D eigenvalue weighted by Crippen LogP contribution is 2.31. The van der Waals surface area contributed by atoms with Crippen LogP contribution in [0.2, 0.25) is 0 Å². The summed E-state index contributed by atoms with van der Waals surface area (Å²) in [6.45, 7) is 2.64. The minimum Gasteiger partial charge on any atom is -0.373 e. The molecule has 0 saturated heterocycles. The molecule has 2 rings (SSSR count). The van der Waals surface area contributed by atoms with Crippen molar-refractivity contribution in [2.75, 3.05) is 0 Å². The lowest BCUT2D eigenvalue weighted by Crippen LogP contribution is -2.25. The van der Waals surface area contributed by atoms with Gasteiger partial charge in [0.15, 0.2) is 0 Å². The molecule has 0 bridgehead atoms. The Morgan fingerprint density at radius 2 is 2.16 bits per heavy atom. The van der Waals surface area contributed by atoms with E-state index in [-0.39, 0.29) is 16.7 Å². The summed E-state index contributed by atoms with van der Waals surface area (Å²) in [5.41, 5.74) is 0.935. The molecule has 104 valence electrons. The van der Waals surface area contributed by atoms with Crippen LogP contribution in [0.25, 0.3) is 0 Å². The summed E-state index contributed by atoms with van der Waals surface area (Å²) in [5.74, 6) is 0.575. The summed E-state index contributed by atoms with van der Waals surface area (Å²) >= 11 is 3.30. The third-order valence-electron chi connectivity index (χ3n) is 3.74. The lowest BCUT2D eigenvalue weighted by atomic mass is 9.88. The first-order valence-corrected chi connectivity index (χ1v) is 7.42. The van der Waals surface area contributed by atoms with Gasteiger partial charge >= 0.3 is 0 Å². The predicted molar refractivity (Wildman–Crippen MR) is 77.0 cm³/mol. The van der Waals surface area contributed by atoms with Crippen LogP contribution in [0, 0.1) is 16.0 Å². The van der Waals surface area contributed by atoms with E-state index in [9.17, 15) is 10.1 Å². The second-order valence-corrected chi connectivity index (χ2v) is 5.91. The average molecular weight is 328 g/mol. The lowest BCUT2D eigenvalue weighted by Gasteiger charge is -2.28. The molecule has 1 aromatic rings. The second kappa shape index (κ2) is 6.48. The lowest BCUT2D eigenvalue weighted by molar-refractivity contribution is -0.385. The van der Waals surface area contributed by atoms with E-state index in [1.54, 1.807) is 6.07 Å². The van der Waals surface area contributed by atoms with Crippen molar-refractivity contribution in [1.29, 1.82) is 0 Å². The number of hydrogen-bond acceptors (Lipinski definition) is 3. The van der Waals surface area contributed by atoms with Crippen molar-refractivity contribution in [2.24, 2.45) is 5.92 Å². The number of hydrogen-bond donors (Lipinski definition) is 0. The molecule has 1 saturated carbocycles. The van der Waals surface area contributed by atoms with Gasteiger partial charge in [-0.25, -0.2) is 0 Å². The molecule has 5 heteroatoms. The SMILES string of the molecule is CC1CCCCC1OCc1cccc([N+](=O)[O-])c1Br. The van der Waals surface area contributed by atoms with Gasteiger partial charge in [-0.2, -0.15) is 0 Å². The second-order valence-electron chi connectivity index (χ2n) is 5.12. The van der Waals surface area contributed by atoms with Gasteiger partial charge < -0.3 is 4.74 Å². The van der Waals surface area contributed by atoms with Gasteiger partial charge in [-0.3, -0.25) is 10.1 Å². The van der Waals surface area contributed by atoms with Crippen LogP contribution in [0.15, 0.2) is 22.7 Å². The monoisotopic (exact) mass is 327 g/mol. The van der Waals surface area contributed by atoms with Crippen molar-refractivity contribution in [3.05, 3.63) is 38.3 Å². The standard InChI is InChI=1S/C14H18BrNO3/c1-10-5-2-3-8-13(10)19-9-11-6-4-7-12(14(11)15)16(17)18/h4,6-7,10,13H,2-3,5,8-9H2,1H3. The Labute approximate surface area is 121 Å². The van der Waals surface area contributed by atoms with Crippen LogP contribution in [0.4, 0.5) is 5.69 Å². The van der Waals surface area contributed by atoms with Crippen LogP contribution >= 0.6 is 15.9 Å². The molecule has 1 fully saturated rings. The van der Waals surface area contributed by atoms with Crippen LogP contribution in [-0.4, -0.2) is 11.0 Å². The molecule has 1 aromatic carbocycles. The Kier molecular flexibility index (Phi) is 4.93. The Hall–Kier alpha value is -0.940. The third kappa shape index (κ3) is 3.54. The van der Waals surface area contributed by atoms with Crippen LogP contribution in [-0.2, 0) is 11.3 Å². The van der Waals surface area contributed by atoms with Gasteiger partial charge in [0.25, 0.3) is 5.69 Å². The molecule has 1 aliphatic rings. The highest BCUT2D eigenvalue weighted by atomic mass is 79.9. The Bertz CT molecular complexity index is 464. The van der Waals surface area contributed by atoms with Crippen LogP contribution in [0.1, 0.15) is 38.2 Å². The van der Waals surface area contributed by atoms with Gasteiger partial charge in [0, 0.05) is 6.07 Å². The van der Waals surface area contributed by atoms with E-state index >= 15 is 0 Å². The summed E-state index contributed by atoms with van der Waals surface area (Å²) in [4.78, 5) is 10.5. The fourth-order valence-electron chi connectivity index (χ4n) is 2.55. The van der Waals surface area contributed by atoms with E-state index in [0.717, 1.165) is 12.0 Å². The van der Waals surface area contributed by atoms with E-state index in [1.807, 2.05) is 6.07 Å². The fraction of sp³-hybridized carbons (Fsp3) is 0.571. The topological polar surface area (TPSA) is 52.4 Å². The minimum absolute atomic E-state index is 0.0952. The Balaban J connectivity index is 2.03. The van der Waals surface area contributed by atoms with Crippen molar-refractivity contribution in [3.63, 3.8) is 0 Å². The van der Waals surface area contributed by atoms with Crippen LogP contribution in [0.5, 0.6) is 0 Å². The molecule has 0 radical (unpaired) electrons. The van der Waals surface area contributed by atoms with Gasteiger partial charge in [0.1, 0.15) is 4.47 Å². The minimum atomic E-state index is -0.378. The van der Waals surface area contributed by atoms with E-state index < -0.39 is 0 Å². The van der Waals surface area contributed by atoms with Gasteiger partial charge in [-0.05, 0) is 40.3 Å². The van der Waals surface area contributed by atoms with E-state index in [2.05, 4.69) is 22.9 Å². The molecular weight excluding hydrogens is 310 g/mol. The number of halogens is 1. The summed E-state index contributed by atoms with van der Waals surface area (Å²) in [5, 5.41) is 10.9. The zero-order chi connectivity index (χ0) is 13.8. The number of nitro benzene ring substituents is 1. The Morgan fingerprint density at radius 1 is 1.42 bits per heavy atom. The maximum atomic E-state index is 10.9. The van der Waals surface area contributed by atoms with Crippen molar-refractivity contribution < 1.29 is 9.66 Å². The van der Waals surface area contributed by atoms with Gasteiger partial charge in [-0.1, -0.05) is 31.9 Å². The van der Waals surface area contributed by atoms with Crippen LogP contribution in [0.3, 0.4) is 0 Å². The van der Waals surface area contributed by atoms with Crippen molar-refractivity contribution in [1.82, 2.24) is 0 Å². The van der Waals surface area contributed by atoms with Gasteiger partial charge in [0.2, 0.25) is 0 Å². The first kappa shape index (κ1) is 14.5. The maximum Gasteiger partial charge on any atom is 0.283 e. The molecule has 4 nitrogen and oxygen atoms in total. The zero-order valence-electron chi connectivity index (χ0n) is 11.0. The molecule has 0 N–H and O–H groups in total. The number of ether oxygens (including phenoxy) is 1. The highest BCUT2D eigenvalue weighted by Gasteiger charge is 2.23. The molecule has 0 amide bonds. The first-order valence-electron chi connectivity index (χ1n) is 6.63. The van der Waals surface area contributed by atoms with Crippen LogP contribution < -0.4 is 0 Å². The van der Waals surface area contributed by atoms with E-state index in [1.165, 1.54) is 25.3 Å². The molecule has 2 atom stereocenters. The average Bonchev–Trinajstić information content (AvgIpc) is 2.39. The maximum absolute atomic E-state index is 10.9. The predicted octanol–water partition coefficient (Wildman–Crippen LogP) is 4.45. The quantitative estimate of drug-likeness (QED) is 0.606. The Morgan fingerprint density at radius 3 is 2.84 bits per heavy atom. The third-order valence-corrected chi connectivity index (χ3v) is 4.66. The molecule has 1 aliphatic carbocycles. The highest BCUT2D eigenvalue weighted by molar-refractivity contribution is 9.10. The molecule has 19 heavy (non-hydrogen) atoms. The number of nitrogens with zero attached hydrogens (tertiary/aromatic N) is 1. The number of benzene rings is 1. The molecular formula is C14H18BrNO3. The van der Waals surface area contributed by atoms with Crippen molar-refractivity contribution >= 4 is 21.6 Å². The summed E-state index contributed by atoms with van der Waals surface area (Å²) in [6, 6.07) is 5.06. The molecule has 0 aliphatic heterocycles.